The second kappa shape index (κ2) is 6.75. The molecule has 0 spiro atoms. The smallest absolute Gasteiger partial charge is 0.416 e. The summed E-state index contributed by atoms with van der Waals surface area (Å²) in [6.45, 7) is 0.193. The molecule has 0 bridgehead atoms. The molecule has 2 N–H and O–H groups in total. The summed E-state index contributed by atoms with van der Waals surface area (Å²) in [5.41, 5.74) is 0.850. The van der Waals surface area contributed by atoms with Gasteiger partial charge < -0.3 is 8.98 Å². The molecule has 7 nitrogen and oxygen atoms in total. The molecule has 30 heavy (non-hydrogen) atoms. The van der Waals surface area contributed by atoms with Crippen molar-refractivity contribution >= 4 is 22.9 Å². The van der Waals surface area contributed by atoms with E-state index in [-0.39, 0.29) is 23.7 Å². The second-order valence-electron chi connectivity index (χ2n) is 7.24. The molecule has 0 aliphatic heterocycles. The zero-order valence-electron chi connectivity index (χ0n) is 15.5. The van der Waals surface area contributed by atoms with Crippen molar-refractivity contribution in [2.24, 2.45) is 0 Å². The third-order valence-corrected chi connectivity index (χ3v) is 5.04. The first-order valence-electron chi connectivity index (χ1n) is 9.35. The Morgan fingerprint density at radius 1 is 1.27 bits per heavy atom. The van der Waals surface area contributed by atoms with Crippen molar-refractivity contribution in [3.8, 4) is 0 Å². The Balaban J connectivity index is 1.51. The molecule has 154 valence electrons. The maximum atomic E-state index is 13.1. The van der Waals surface area contributed by atoms with Crippen LogP contribution in [0.25, 0.3) is 11.0 Å². The minimum atomic E-state index is -4.49. The molecule has 0 saturated heterocycles. The number of nitrogens with zero attached hydrogens (tertiary/aromatic N) is 3. The number of halogens is 3. The van der Waals surface area contributed by atoms with Gasteiger partial charge in [-0.3, -0.25) is 15.2 Å². The van der Waals surface area contributed by atoms with Crippen LogP contribution in [-0.4, -0.2) is 25.7 Å². The summed E-state index contributed by atoms with van der Waals surface area (Å²) < 4.78 is 46.3. The fourth-order valence-electron chi connectivity index (χ4n) is 3.34. The molecule has 1 aliphatic carbocycles. The van der Waals surface area contributed by atoms with Gasteiger partial charge in [-0.1, -0.05) is 0 Å². The standard InChI is InChI=1S/C20H16F3N5O2/c21-20(22,23)12-5-6-17-15(8-12)24-19(28(17)10-13-2-1-7-30-13)25-18(29)16-9-14(26-27-16)11-3-4-11/h1-2,5-9,11H,3-4,10H2,(H,26,27)(H,24,25,29). The normalized spacial score (nSPS) is 14.4. The topological polar surface area (TPSA) is 88.7 Å². The maximum Gasteiger partial charge on any atom is 0.416 e. The van der Waals surface area contributed by atoms with E-state index in [1.807, 2.05) is 0 Å². The van der Waals surface area contributed by atoms with Gasteiger partial charge in [-0.05, 0) is 49.2 Å². The number of rotatable bonds is 5. The van der Waals surface area contributed by atoms with Crippen molar-refractivity contribution in [2.75, 3.05) is 5.32 Å². The number of carbonyl (C=O) groups excluding carboxylic acids is 1. The van der Waals surface area contributed by atoms with Crippen molar-refractivity contribution in [1.29, 1.82) is 0 Å². The molecule has 1 amide bonds. The quantitative estimate of drug-likeness (QED) is 0.501. The van der Waals surface area contributed by atoms with Crippen LogP contribution >= 0.6 is 0 Å². The highest BCUT2D eigenvalue weighted by Gasteiger charge is 2.31. The van der Waals surface area contributed by atoms with Crippen molar-refractivity contribution in [2.45, 2.75) is 31.5 Å². The van der Waals surface area contributed by atoms with Gasteiger partial charge in [-0.15, -0.1) is 0 Å². The number of furan rings is 1. The van der Waals surface area contributed by atoms with Crippen LogP contribution in [0, 0.1) is 0 Å². The Labute approximate surface area is 167 Å². The van der Waals surface area contributed by atoms with Crippen molar-refractivity contribution in [3.63, 3.8) is 0 Å². The molecule has 0 unspecified atom stereocenters. The number of fused-ring (bicyclic) bond motifs is 1. The van der Waals surface area contributed by atoms with E-state index in [0.29, 0.717) is 17.2 Å². The van der Waals surface area contributed by atoms with E-state index >= 15 is 0 Å². The Morgan fingerprint density at radius 2 is 2.10 bits per heavy atom. The number of hydrogen-bond acceptors (Lipinski definition) is 4. The zero-order valence-corrected chi connectivity index (χ0v) is 15.5. The molecule has 1 aliphatic rings. The predicted molar refractivity (Wildman–Crippen MR) is 101 cm³/mol. The Bertz CT molecular complexity index is 1220. The number of aromatic nitrogens is 4. The highest BCUT2D eigenvalue weighted by molar-refractivity contribution is 6.02. The van der Waals surface area contributed by atoms with Gasteiger partial charge in [0.15, 0.2) is 5.69 Å². The number of amides is 1. The van der Waals surface area contributed by atoms with Gasteiger partial charge >= 0.3 is 6.18 Å². The first kappa shape index (κ1) is 18.5. The summed E-state index contributed by atoms with van der Waals surface area (Å²) in [5, 5.41) is 9.56. The van der Waals surface area contributed by atoms with E-state index in [0.717, 1.165) is 30.7 Å². The summed E-state index contributed by atoms with van der Waals surface area (Å²) in [6.07, 6.45) is -0.873. The van der Waals surface area contributed by atoms with Crippen LogP contribution in [0.15, 0.2) is 47.1 Å². The van der Waals surface area contributed by atoms with Crippen LogP contribution in [0.1, 0.15) is 46.3 Å². The maximum absolute atomic E-state index is 13.1. The number of imidazole rings is 1. The summed E-state index contributed by atoms with van der Waals surface area (Å²) in [5.74, 6) is 0.593. The lowest BCUT2D eigenvalue weighted by molar-refractivity contribution is -0.137. The van der Waals surface area contributed by atoms with Gasteiger partial charge in [-0.2, -0.15) is 18.3 Å². The minimum Gasteiger partial charge on any atom is -0.467 e. The Hall–Kier alpha value is -3.56. The van der Waals surface area contributed by atoms with Crippen molar-refractivity contribution < 1.29 is 22.4 Å². The molecular formula is C20H16F3N5O2. The summed E-state index contributed by atoms with van der Waals surface area (Å²) in [7, 11) is 0. The number of anilines is 1. The second-order valence-corrected chi connectivity index (χ2v) is 7.24. The number of nitrogens with one attached hydrogen (secondary N) is 2. The van der Waals surface area contributed by atoms with Gasteiger partial charge in [0.05, 0.1) is 29.4 Å². The van der Waals surface area contributed by atoms with E-state index < -0.39 is 17.6 Å². The molecule has 4 aromatic rings. The van der Waals surface area contributed by atoms with Crippen LogP contribution in [0.3, 0.4) is 0 Å². The highest BCUT2D eigenvalue weighted by atomic mass is 19.4. The molecule has 3 aromatic heterocycles. The van der Waals surface area contributed by atoms with Gasteiger partial charge in [0.25, 0.3) is 5.91 Å². The summed E-state index contributed by atoms with van der Waals surface area (Å²) >= 11 is 0. The monoisotopic (exact) mass is 415 g/mol. The predicted octanol–water partition coefficient (Wildman–Crippen LogP) is 4.55. The van der Waals surface area contributed by atoms with Crippen LogP contribution in [0.2, 0.25) is 0 Å². The first-order chi connectivity index (χ1) is 14.4. The van der Waals surface area contributed by atoms with Crippen molar-refractivity contribution in [1.82, 2.24) is 19.7 Å². The molecule has 1 aromatic carbocycles. The van der Waals surface area contributed by atoms with Crippen molar-refractivity contribution in [3.05, 3.63) is 65.4 Å². The molecule has 1 saturated carbocycles. The number of carbonyl (C=O) groups is 1. The molecule has 5 rings (SSSR count). The lowest BCUT2D eigenvalue weighted by Gasteiger charge is -2.09. The average Bonchev–Trinajstić information content (AvgIpc) is 3.11. The van der Waals surface area contributed by atoms with Crippen LogP contribution < -0.4 is 5.32 Å². The fourth-order valence-corrected chi connectivity index (χ4v) is 3.34. The molecular weight excluding hydrogens is 399 g/mol. The van der Waals surface area contributed by atoms with E-state index in [1.54, 1.807) is 22.8 Å². The van der Waals surface area contributed by atoms with E-state index in [9.17, 15) is 18.0 Å². The third kappa shape index (κ3) is 3.44. The number of alkyl halides is 3. The third-order valence-electron chi connectivity index (χ3n) is 5.04. The minimum absolute atomic E-state index is 0.113. The number of aromatic amines is 1. The number of benzene rings is 1. The lowest BCUT2D eigenvalue weighted by Crippen LogP contribution is -2.16. The van der Waals surface area contributed by atoms with Crippen LogP contribution in [0.5, 0.6) is 0 Å². The first-order valence-corrected chi connectivity index (χ1v) is 9.35. The van der Waals surface area contributed by atoms with Gasteiger partial charge in [0.2, 0.25) is 5.95 Å². The summed E-state index contributed by atoms with van der Waals surface area (Å²) in [6, 6.07) is 8.42. The van der Waals surface area contributed by atoms with Gasteiger partial charge in [-0.25, -0.2) is 4.98 Å². The SMILES string of the molecule is O=C(Nc1nc2cc(C(F)(F)F)ccc2n1Cc1ccco1)c1cc(C2CC2)[nH]n1. The highest BCUT2D eigenvalue weighted by Crippen LogP contribution is 2.39. The molecule has 10 heteroatoms. The zero-order chi connectivity index (χ0) is 20.9. The number of H-pyrrole nitrogens is 1. The van der Waals surface area contributed by atoms with E-state index in [4.69, 9.17) is 4.42 Å². The van der Waals surface area contributed by atoms with E-state index in [2.05, 4.69) is 20.5 Å². The average molecular weight is 415 g/mol. The van der Waals surface area contributed by atoms with E-state index in [1.165, 1.54) is 12.3 Å². The lowest BCUT2D eigenvalue weighted by atomic mass is 10.2. The van der Waals surface area contributed by atoms with Crippen LogP contribution in [0.4, 0.5) is 19.1 Å². The summed E-state index contributed by atoms with van der Waals surface area (Å²) in [4.78, 5) is 16.9. The fraction of sp³-hybridized carbons (Fsp3) is 0.250. The molecule has 0 radical (unpaired) electrons. The molecule has 1 fully saturated rings. The Morgan fingerprint density at radius 3 is 2.80 bits per heavy atom. The molecule has 3 heterocycles. The number of hydrogen-bond donors (Lipinski definition) is 2. The van der Waals surface area contributed by atoms with Crippen LogP contribution in [-0.2, 0) is 12.7 Å². The van der Waals surface area contributed by atoms with Gasteiger partial charge in [0, 0.05) is 11.6 Å². The van der Waals surface area contributed by atoms with Gasteiger partial charge in [0.1, 0.15) is 5.76 Å². The largest absolute Gasteiger partial charge is 0.467 e. The molecule has 0 atom stereocenters. The Kier molecular flexibility index (Phi) is 4.16.